The van der Waals surface area contributed by atoms with Gasteiger partial charge in [0.15, 0.2) is 11.7 Å². The topological polar surface area (TPSA) is 119 Å². The number of esters is 1. The maximum Gasteiger partial charge on any atom is 0.398 e. The molecule has 0 aliphatic carbocycles. The van der Waals surface area contributed by atoms with Crippen molar-refractivity contribution >= 4 is 40.6 Å². The number of carbonyl (C=O) groups excluding carboxylic acids is 5. The van der Waals surface area contributed by atoms with Crippen LogP contribution in [0.5, 0.6) is 5.75 Å². The molecule has 168 valence electrons. The molecule has 3 amide bonds. The number of ether oxygens (including phenoxy) is 2. The second-order valence-corrected chi connectivity index (χ2v) is 9.27. The molecule has 1 aromatic rings. The molecule has 1 aliphatic rings. The van der Waals surface area contributed by atoms with E-state index in [1.54, 1.807) is 65.0 Å². The molecule has 9 nitrogen and oxygen atoms in total. The van der Waals surface area contributed by atoms with Gasteiger partial charge in [-0.25, -0.2) is 4.79 Å². The van der Waals surface area contributed by atoms with Crippen LogP contribution < -0.4 is 10.1 Å². The van der Waals surface area contributed by atoms with E-state index in [9.17, 15) is 24.0 Å². The van der Waals surface area contributed by atoms with E-state index in [1.165, 1.54) is 0 Å². The zero-order valence-corrected chi connectivity index (χ0v) is 18.9. The molecule has 1 aliphatic heterocycles. The number of β-lactam (4-membered cyclic amide) rings is 1. The lowest BCUT2D eigenvalue weighted by molar-refractivity contribution is -0.175. The molecule has 31 heavy (non-hydrogen) atoms. The highest BCUT2D eigenvalue weighted by molar-refractivity contribution is 8.14. The highest BCUT2D eigenvalue weighted by atomic mass is 32.2. The zero-order chi connectivity index (χ0) is 23.3. The third kappa shape index (κ3) is 6.55. The van der Waals surface area contributed by atoms with Gasteiger partial charge in [0, 0.05) is 5.92 Å². The normalized spacial score (nSPS) is 18.3. The van der Waals surface area contributed by atoms with Crippen molar-refractivity contribution in [2.24, 2.45) is 5.92 Å². The molecule has 0 spiro atoms. The molecule has 1 saturated heterocycles. The number of para-hydroxylation sites is 1. The van der Waals surface area contributed by atoms with Gasteiger partial charge < -0.3 is 14.8 Å². The van der Waals surface area contributed by atoms with Crippen LogP contribution in [-0.2, 0) is 28.7 Å². The summed E-state index contributed by atoms with van der Waals surface area (Å²) in [7, 11) is 0. The Kier molecular flexibility index (Phi) is 7.83. The van der Waals surface area contributed by atoms with Gasteiger partial charge in [0.05, 0.1) is 0 Å². The van der Waals surface area contributed by atoms with E-state index in [0.717, 1.165) is 0 Å². The summed E-state index contributed by atoms with van der Waals surface area (Å²) >= 11 is 0.717. The molecule has 10 heteroatoms. The molecule has 1 aromatic carbocycles. The third-order valence-electron chi connectivity index (χ3n) is 3.97. The van der Waals surface area contributed by atoms with Crippen molar-refractivity contribution in [1.29, 1.82) is 0 Å². The average Bonchev–Trinajstić information content (AvgIpc) is 2.69. The number of benzene rings is 1. The van der Waals surface area contributed by atoms with E-state index in [-0.39, 0.29) is 17.6 Å². The number of thioether (sulfide) groups is 1. The van der Waals surface area contributed by atoms with Gasteiger partial charge in [0.2, 0.25) is 0 Å². The predicted molar refractivity (Wildman–Crippen MR) is 113 cm³/mol. The van der Waals surface area contributed by atoms with Gasteiger partial charge in [-0.2, -0.15) is 0 Å². The molecule has 0 saturated carbocycles. The van der Waals surface area contributed by atoms with Crippen molar-refractivity contribution in [3.8, 4) is 5.75 Å². The predicted octanol–water partition coefficient (Wildman–Crippen LogP) is 1.50. The van der Waals surface area contributed by atoms with E-state index in [2.05, 4.69) is 5.32 Å². The SMILES string of the molecule is CC(C)C(=O)S[C@H]1[C@@H](NC(=O)COc2ccccc2)C(=O)N1C(=O)C(=O)OC(C)(C)C. The minimum Gasteiger partial charge on any atom is -0.484 e. The van der Waals surface area contributed by atoms with Gasteiger partial charge in [-0.15, -0.1) is 0 Å². The van der Waals surface area contributed by atoms with E-state index in [4.69, 9.17) is 9.47 Å². The number of imide groups is 1. The van der Waals surface area contributed by atoms with Crippen LogP contribution in [0.3, 0.4) is 0 Å². The first-order chi connectivity index (χ1) is 14.4. The summed E-state index contributed by atoms with van der Waals surface area (Å²) in [5.74, 6) is -3.69. The van der Waals surface area contributed by atoms with Crippen molar-refractivity contribution in [3.05, 3.63) is 30.3 Å². The summed E-state index contributed by atoms with van der Waals surface area (Å²) < 4.78 is 10.4. The van der Waals surface area contributed by atoms with Crippen LogP contribution in [0.25, 0.3) is 0 Å². The minimum atomic E-state index is -1.21. The molecule has 0 bridgehead atoms. The number of likely N-dealkylation sites (tertiary alicyclic amines) is 1. The van der Waals surface area contributed by atoms with Crippen LogP contribution in [-0.4, -0.2) is 57.3 Å². The Morgan fingerprint density at radius 1 is 1.13 bits per heavy atom. The lowest BCUT2D eigenvalue weighted by Crippen LogP contribution is -2.72. The molecular formula is C21H26N2O7S. The summed E-state index contributed by atoms with van der Waals surface area (Å²) in [5.41, 5.74) is -0.931. The van der Waals surface area contributed by atoms with E-state index >= 15 is 0 Å². The van der Waals surface area contributed by atoms with Crippen molar-refractivity contribution in [1.82, 2.24) is 10.2 Å². The Labute approximate surface area is 184 Å². The standard InChI is InChI=1S/C21H26N2O7S/c1-12(2)20(28)31-18-15(22-14(24)11-29-13-9-7-6-8-10-13)16(25)23(18)17(26)19(27)30-21(3,4)5/h6-10,12,15,18H,11H2,1-5H3,(H,22,24)/t15-,18-/m0/s1. The fourth-order valence-electron chi connectivity index (χ4n) is 2.49. The number of hydrogen-bond donors (Lipinski definition) is 1. The van der Waals surface area contributed by atoms with Crippen LogP contribution in [0, 0.1) is 5.92 Å². The van der Waals surface area contributed by atoms with E-state index < -0.39 is 40.7 Å². The average molecular weight is 451 g/mol. The number of nitrogens with one attached hydrogen (secondary N) is 1. The zero-order valence-electron chi connectivity index (χ0n) is 18.0. The van der Waals surface area contributed by atoms with Gasteiger partial charge in [0.25, 0.3) is 11.8 Å². The highest BCUT2D eigenvalue weighted by Gasteiger charge is 2.55. The quantitative estimate of drug-likeness (QED) is 0.393. The number of hydrogen-bond acceptors (Lipinski definition) is 8. The van der Waals surface area contributed by atoms with Gasteiger partial charge in [-0.3, -0.25) is 24.1 Å². The van der Waals surface area contributed by atoms with Crippen LogP contribution >= 0.6 is 11.8 Å². The summed E-state index contributed by atoms with van der Waals surface area (Å²) in [4.78, 5) is 62.3. The monoisotopic (exact) mass is 450 g/mol. The van der Waals surface area contributed by atoms with Crippen molar-refractivity contribution in [2.75, 3.05) is 6.61 Å². The fraction of sp³-hybridized carbons (Fsp3) is 0.476. The second kappa shape index (κ2) is 9.95. The molecule has 1 heterocycles. The van der Waals surface area contributed by atoms with Gasteiger partial charge in [0.1, 0.15) is 22.8 Å². The van der Waals surface area contributed by atoms with Gasteiger partial charge >= 0.3 is 11.9 Å². The maximum atomic E-state index is 12.6. The number of amides is 3. The first-order valence-corrected chi connectivity index (χ1v) is 10.6. The Morgan fingerprint density at radius 2 is 1.74 bits per heavy atom. The molecule has 2 rings (SSSR count). The lowest BCUT2D eigenvalue weighted by Gasteiger charge is -2.44. The smallest absolute Gasteiger partial charge is 0.398 e. The number of carbonyl (C=O) groups is 5. The molecule has 0 radical (unpaired) electrons. The number of rotatable bonds is 6. The first-order valence-electron chi connectivity index (χ1n) is 9.69. The Hall–Kier alpha value is -2.88. The number of nitrogens with zero attached hydrogens (tertiary/aromatic N) is 1. The molecule has 0 aromatic heterocycles. The molecule has 2 atom stereocenters. The summed E-state index contributed by atoms with van der Waals surface area (Å²) in [5, 5.41) is 1.13. The molecule has 1 N–H and O–H groups in total. The third-order valence-corrected chi connectivity index (χ3v) is 5.40. The maximum absolute atomic E-state index is 12.6. The lowest BCUT2D eigenvalue weighted by atomic mass is 10.1. The van der Waals surface area contributed by atoms with Crippen molar-refractivity contribution < 1.29 is 33.4 Å². The second-order valence-electron chi connectivity index (χ2n) is 8.14. The van der Waals surface area contributed by atoms with Crippen LogP contribution in [0.4, 0.5) is 0 Å². The van der Waals surface area contributed by atoms with Crippen molar-refractivity contribution in [2.45, 2.75) is 51.6 Å². The van der Waals surface area contributed by atoms with Crippen molar-refractivity contribution in [3.63, 3.8) is 0 Å². The van der Waals surface area contributed by atoms with Gasteiger partial charge in [-0.05, 0) is 32.9 Å². The highest BCUT2D eigenvalue weighted by Crippen LogP contribution is 2.33. The summed E-state index contributed by atoms with van der Waals surface area (Å²) in [6.45, 7) is 7.72. The van der Waals surface area contributed by atoms with Crippen LogP contribution in [0.15, 0.2) is 30.3 Å². The van der Waals surface area contributed by atoms with E-state index in [0.29, 0.717) is 22.4 Å². The molecular weight excluding hydrogens is 424 g/mol. The van der Waals surface area contributed by atoms with E-state index in [1.807, 2.05) is 0 Å². The molecule has 0 unspecified atom stereocenters. The summed E-state index contributed by atoms with van der Waals surface area (Å²) in [6.07, 6.45) is 0. The Morgan fingerprint density at radius 3 is 2.29 bits per heavy atom. The largest absolute Gasteiger partial charge is 0.484 e. The van der Waals surface area contributed by atoms with Crippen LogP contribution in [0.1, 0.15) is 34.6 Å². The fourth-order valence-corrected chi connectivity index (χ4v) is 3.63. The minimum absolute atomic E-state index is 0.292. The Bertz CT molecular complexity index is 864. The van der Waals surface area contributed by atoms with Crippen LogP contribution in [0.2, 0.25) is 0 Å². The van der Waals surface area contributed by atoms with Gasteiger partial charge in [-0.1, -0.05) is 43.8 Å². The summed E-state index contributed by atoms with van der Waals surface area (Å²) in [6, 6.07) is 7.47. The molecule has 1 fully saturated rings. The first kappa shape index (κ1) is 24.4. The Balaban J connectivity index is 2.08.